The molecule has 0 bridgehead atoms. The van der Waals surface area contributed by atoms with Crippen molar-refractivity contribution in [3.63, 3.8) is 0 Å². The summed E-state index contributed by atoms with van der Waals surface area (Å²) in [5.74, 6) is 0.433. The van der Waals surface area contributed by atoms with E-state index in [0.717, 1.165) is 4.47 Å². The molecule has 0 aliphatic carbocycles. The van der Waals surface area contributed by atoms with Gasteiger partial charge in [0.1, 0.15) is 5.75 Å². The first-order valence-electron chi connectivity index (χ1n) is 5.27. The van der Waals surface area contributed by atoms with E-state index in [9.17, 15) is 8.42 Å². The van der Waals surface area contributed by atoms with E-state index < -0.39 is 10.0 Å². The van der Waals surface area contributed by atoms with Crippen LogP contribution in [0.15, 0.2) is 40.2 Å². The third-order valence-electron chi connectivity index (χ3n) is 2.36. The van der Waals surface area contributed by atoms with Gasteiger partial charge in [-0.05, 0) is 18.2 Å². The Kier molecular flexibility index (Phi) is 3.81. The van der Waals surface area contributed by atoms with Crippen molar-refractivity contribution in [2.24, 2.45) is 7.05 Å². The maximum atomic E-state index is 12.1. The van der Waals surface area contributed by atoms with E-state index in [0.29, 0.717) is 11.4 Å². The molecule has 2 aromatic rings. The molecule has 1 heterocycles. The van der Waals surface area contributed by atoms with Crippen LogP contribution in [0.25, 0.3) is 0 Å². The predicted molar refractivity (Wildman–Crippen MR) is 74.7 cm³/mol. The molecule has 0 saturated carbocycles. The zero-order valence-corrected chi connectivity index (χ0v) is 12.7. The standard InChI is InChI=1S/C11H12BrN3O3S/c1-15-6-11(13-7-15)19(16,17)14-9-5-8(12)3-4-10(9)18-2/h3-7,14H,1-2H3. The minimum absolute atomic E-state index is 0.0444. The number of hydrogen-bond donors (Lipinski definition) is 1. The molecule has 0 amide bonds. The molecule has 102 valence electrons. The molecule has 0 radical (unpaired) electrons. The van der Waals surface area contributed by atoms with Crippen molar-refractivity contribution in [2.45, 2.75) is 5.03 Å². The summed E-state index contributed by atoms with van der Waals surface area (Å²) in [5.41, 5.74) is 0.350. The van der Waals surface area contributed by atoms with Crippen LogP contribution in [0.5, 0.6) is 5.75 Å². The van der Waals surface area contributed by atoms with Gasteiger partial charge >= 0.3 is 0 Å². The smallest absolute Gasteiger partial charge is 0.281 e. The molecule has 0 saturated heterocycles. The Morgan fingerprint density at radius 2 is 2.16 bits per heavy atom. The van der Waals surface area contributed by atoms with Crippen LogP contribution < -0.4 is 9.46 Å². The first-order chi connectivity index (χ1) is 8.92. The number of aryl methyl sites for hydroxylation is 1. The van der Waals surface area contributed by atoms with E-state index in [2.05, 4.69) is 25.6 Å². The Labute approximate surface area is 119 Å². The molecule has 0 aliphatic rings. The summed E-state index contributed by atoms with van der Waals surface area (Å²) in [4.78, 5) is 3.82. The monoisotopic (exact) mass is 345 g/mol. The fourth-order valence-electron chi connectivity index (χ4n) is 1.48. The third-order valence-corrected chi connectivity index (χ3v) is 4.11. The Bertz CT molecular complexity index is 697. The highest BCUT2D eigenvalue weighted by atomic mass is 79.9. The molecule has 1 aromatic heterocycles. The summed E-state index contributed by atoms with van der Waals surface area (Å²) in [6, 6.07) is 5.05. The molecule has 0 atom stereocenters. The Morgan fingerprint density at radius 1 is 1.42 bits per heavy atom. The van der Waals surface area contributed by atoms with Crippen molar-refractivity contribution >= 4 is 31.6 Å². The van der Waals surface area contributed by atoms with Crippen LogP contribution in [0.1, 0.15) is 0 Å². The molecule has 8 heteroatoms. The van der Waals surface area contributed by atoms with Crippen molar-refractivity contribution in [1.29, 1.82) is 0 Å². The molecule has 1 N–H and O–H groups in total. The fourth-order valence-corrected chi connectivity index (χ4v) is 2.89. The van der Waals surface area contributed by atoms with Gasteiger partial charge in [-0.1, -0.05) is 15.9 Å². The lowest BCUT2D eigenvalue weighted by atomic mass is 10.3. The topological polar surface area (TPSA) is 73.2 Å². The van der Waals surface area contributed by atoms with Gasteiger partial charge in [0, 0.05) is 17.7 Å². The van der Waals surface area contributed by atoms with E-state index in [1.54, 1.807) is 29.8 Å². The van der Waals surface area contributed by atoms with E-state index in [1.165, 1.54) is 19.6 Å². The SMILES string of the molecule is COc1ccc(Br)cc1NS(=O)(=O)c1cn(C)cn1. The second-order valence-corrected chi connectivity index (χ2v) is 6.37. The molecule has 0 aliphatic heterocycles. The molecule has 0 fully saturated rings. The maximum Gasteiger partial charge on any atom is 0.281 e. The average molecular weight is 346 g/mol. The Hall–Kier alpha value is -1.54. The molecule has 0 spiro atoms. The van der Waals surface area contributed by atoms with Gasteiger partial charge < -0.3 is 9.30 Å². The van der Waals surface area contributed by atoms with Gasteiger partial charge in [0.05, 0.1) is 19.1 Å². The van der Waals surface area contributed by atoms with Crippen LogP contribution in [-0.2, 0) is 17.1 Å². The largest absolute Gasteiger partial charge is 0.495 e. The van der Waals surface area contributed by atoms with Gasteiger partial charge in [-0.3, -0.25) is 4.72 Å². The number of benzene rings is 1. The number of imidazole rings is 1. The fraction of sp³-hybridized carbons (Fsp3) is 0.182. The minimum atomic E-state index is -3.72. The number of sulfonamides is 1. The highest BCUT2D eigenvalue weighted by Crippen LogP contribution is 2.29. The number of nitrogens with one attached hydrogen (secondary N) is 1. The van der Waals surface area contributed by atoms with Gasteiger partial charge in [-0.2, -0.15) is 8.42 Å². The zero-order chi connectivity index (χ0) is 14.0. The van der Waals surface area contributed by atoms with Gasteiger partial charge in [0.2, 0.25) is 0 Å². The number of ether oxygens (including phenoxy) is 1. The van der Waals surface area contributed by atoms with Crippen molar-refractivity contribution in [2.75, 3.05) is 11.8 Å². The van der Waals surface area contributed by atoms with Crippen molar-refractivity contribution in [3.05, 3.63) is 35.2 Å². The van der Waals surface area contributed by atoms with Crippen LogP contribution in [0.3, 0.4) is 0 Å². The van der Waals surface area contributed by atoms with E-state index in [4.69, 9.17) is 4.74 Å². The van der Waals surface area contributed by atoms with Crippen LogP contribution >= 0.6 is 15.9 Å². The van der Waals surface area contributed by atoms with Gasteiger partial charge in [0.15, 0.2) is 5.03 Å². The predicted octanol–water partition coefficient (Wildman–Crippen LogP) is 1.99. The van der Waals surface area contributed by atoms with Gasteiger partial charge in [-0.15, -0.1) is 0 Å². The number of rotatable bonds is 4. The Morgan fingerprint density at radius 3 is 2.74 bits per heavy atom. The van der Waals surface area contributed by atoms with Gasteiger partial charge in [-0.25, -0.2) is 4.98 Å². The normalized spacial score (nSPS) is 11.3. The summed E-state index contributed by atoms with van der Waals surface area (Å²) in [5, 5.41) is -0.0444. The Balaban J connectivity index is 2.38. The number of hydrogen-bond acceptors (Lipinski definition) is 4. The first kappa shape index (κ1) is 13.9. The second kappa shape index (κ2) is 5.22. The molecular weight excluding hydrogens is 334 g/mol. The summed E-state index contributed by atoms with van der Waals surface area (Å²) in [6.45, 7) is 0. The number of anilines is 1. The zero-order valence-electron chi connectivity index (χ0n) is 10.3. The van der Waals surface area contributed by atoms with E-state index in [-0.39, 0.29) is 5.03 Å². The third kappa shape index (κ3) is 3.07. The molecule has 19 heavy (non-hydrogen) atoms. The molecule has 1 aromatic carbocycles. The quantitative estimate of drug-likeness (QED) is 0.919. The lowest BCUT2D eigenvalue weighted by Crippen LogP contribution is -2.14. The number of aromatic nitrogens is 2. The maximum absolute atomic E-state index is 12.1. The lowest BCUT2D eigenvalue weighted by Gasteiger charge is -2.10. The molecule has 6 nitrogen and oxygen atoms in total. The van der Waals surface area contributed by atoms with Gasteiger partial charge in [0.25, 0.3) is 10.0 Å². The van der Waals surface area contributed by atoms with Crippen LogP contribution in [0.4, 0.5) is 5.69 Å². The summed E-state index contributed by atoms with van der Waals surface area (Å²) < 4.78 is 34.1. The van der Waals surface area contributed by atoms with Crippen LogP contribution in [-0.4, -0.2) is 25.1 Å². The molecular formula is C11H12BrN3O3S. The number of halogens is 1. The van der Waals surface area contributed by atoms with Crippen molar-refractivity contribution in [3.8, 4) is 5.75 Å². The number of nitrogens with zero attached hydrogens (tertiary/aromatic N) is 2. The second-order valence-electron chi connectivity index (χ2n) is 3.83. The van der Waals surface area contributed by atoms with Crippen LogP contribution in [0.2, 0.25) is 0 Å². The van der Waals surface area contributed by atoms with Crippen molar-refractivity contribution in [1.82, 2.24) is 9.55 Å². The van der Waals surface area contributed by atoms with Crippen molar-refractivity contribution < 1.29 is 13.2 Å². The highest BCUT2D eigenvalue weighted by molar-refractivity contribution is 9.10. The summed E-state index contributed by atoms with van der Waals surface area (Å²) >= 11 is 3.28. The molecule has 2 rings (SSSR count). The van der Waals surface area contributed by atoms with Crippen LogP contribution in [0, 0.1) is 0 Å². The van der Waals surface area contributed by atoms with E-state index >= 15 is 0 Å². The highest BCUT2D eigenvalue weighted by Gasteiger charge is 2.19. The summed E-state index contributed by atoms with van der Waals surface area (Å²) in [6.07, 6.45) is 2.85. The first-order valence-corrected chi connectivity index (χ1v) is 7.54. The average Bonchev–Trinajstić information content (AvgIpc) is 2.76. The minimum Gasteiger partial charge on any atom is -0.495 e. The molecule has 0 unspecified atom stereocenters. The number of methoxy groups -OCH3 is 1. The lowest BCUT2D eigenvalue weighted by molar-refractivity contribution is 0.417. The summed E-state index contributed by atoms with van der Waals surface area (Å²) in [7, 11) is -0.551. The van der Waals surface area contributed by atoms with E-state index in [1.807, 2.05) is 0 Å².